The van der Waals surface area contributed by atoms with Crippen LogP contribution in [0.4, 0.5) is 0 Å². The van der Waals surface area contributed by atoms with E-state index in [1.54, 1.807) is 13.0 Å². The highest BCUT2D eigenvalue weighted by molar-refractivity contribution is 6.02. The molecule has 0 atom stereocenters. The Morgan fingerprint density at radius 2 is 2.07 bits per heavy atom. The van der Waals surface area contributed by atoms with Gasteiger partial charge in [-0.1, -0.05) is 37.3 Å². The van der Waals surface area contributed by atoms with E-state index in [0.29, 0.717) is 6.42 Å². The van der Waals surface area contributed by atoms with Crippen molar-refractivity contribution in [2.24, 2.45) is 0 Å². The van der Waals surface area contributed by atoms with Crippen LogP contribution in [0.1, 0.15) is 18.9 Å². The summed E-state index contributed by atoms with van der Waals surface area (Å²) in [6.45, 7) is 1.75. The highest BCUT2D eigenvalue weighted by Gasteiger charge is 2.05. The van der Waals surface area contributed by atoms with Gasteiger partial charge in [-0.05, 0) is 11.6 Å². The first-order valence-electron chi connectivity index (χ1n) is 4.48. The number of Topliss-reactive ketones (excluding diaryl/α,β-unsaturated/α-hetero) is 1. The smallest absolute Gasteiger partial charge is 0.173 e. The third-order valence-corrected chi connectivity index (χ3v) is 1.85. The molecule has 14 heavy (non-hydrogen) atoms. The van der Waals surface area contributed by atoms with Crippen LogP contribution >= 0.6 is 0 Å². The van der Waals surface area contributed by atoms with E-state index in [0.717, 1.165) is 5.56 Å². The summed E-state index contributed by atoms with van der Waals surface area (Å²) in [4.78, 5) is 11.3. The zero-order valence-corrected chi connectivity index (χ0v) is 8.03. The summed E-state index contributed by atoms with van der Waals surface area (Å²) in [5.41, 5.74) is 1.10. The number of nitriles is 1. The number of carbonyl (C=O) groups excluding carboxylic acids is 1. The van der Waals surface area contributed by atoms with Gasteiger partial charge in [0.05, 0.1) is 5.57 Å². The number of ketones is 1. The molecule has 0 N–H and O–H groups in total. The summed E-state index contributed by atoms with van der Waals surface area (Å²) in [5.74, 6) is -0.114. The van der Waals surface area contributed by atoms with Gasteiger partial charge in [0.2, 0.25) is 0 Å². The van der Waals surface area contributed by atoms with Crippen LogP contribution in [0.5, 0.6) is 0 Å². The van der Waals surface area contributed by atoms with Gasteiger partial charge in [-0.3, -0.25) is 4.79 Å². The molecule has 0 aliphatic rings. The van der Waals surface area contributed by atoms with Gasteiger partial charge >= 0.3 is 0 Å². The molecule has 0 heterocycles. The van der Waals surface area contributed by atoms with Gasteiger partial charge in [0, 0.05) is 6.42 Å². The van der Waals surface area contributed by atoms with Crippen LogP contribution in [0, 0.1) is 11.3 Å². The minimum absolute atomic E-state index is 0.114. The standard InChI is InChI=1S/C12H11NO/c1-2-12(14)11(9-13)8-10-6-4-3-5-7-10/h3-8H,2H2,1H3/b11-8+. The Labute approximate surface area is 83.5 Å². The predicted molar refractivity (Wildman–Crippen MR) is 55.3 cm³/mol. The first-order valence-corrected chi connectivity index (χ1v) is 4.48. The summed E-state index contributed by atoms with van der Waals surface area (Å²) in [5, 5.41) is 8.75. The molecule has 0 saturated heterocycles. The third-order valence-electron chi connectivity index (χ3n) is 1.85. The van der Waals surface area contributed by atoms with Crippen molar-refractivity contribution >= 4 is 11.9 Å². The minimum atomic E-state index is -0.114. The summed E-state index contributed by atoms with van der Waals surface area (Å²) >= 11 is 0. The van der Waals surface area contributed by atoms with E-state index in [4.69, 9.17) is 5.26 Å². The van der Waals surface area contributed by atoms with Crippen molar-refractivity contribution in [3.05, 3.63) is 41.5 Å². The molecule has 0 spiro atoms. The SMILES string of the molecule is CCC(=O)/C(C#N)=C/c1ccccc1. The number of rotatable bonds is 3. The monoisotopic (exact) mass is 185 g/mol. The highest BCUT2D eigenvalue weighted by Crippen LogP contribution is 2.07. The molecule has 1 aromatic carbocycles. The molecular weight excluding hydrogens is 174 g/mol. The van der Waals surface area contributed by atoms with Crippen molar-refractivity contribution in [3.63, 3.8) is 0 Å². The Kier molecular flexibility index (Phi) is 3.63. The van der Waals surface area contributed by atoms with E-state index in [-0.39, 0.29) is 11.4 Å². The Bertz CT molecular complexity index is 385. The van der Waals surface area contributed by atoms with Crippen LogP contribution in [0.25, 0.3) is 6.08 Å². The Morgan fingerprint density at radius 1 is 1.43 bits per heavy atom. The predicted octanol–water partition coefficient (Wildman–Crippen LogP) is 2.57. The molecule has 2 nitrogen and oxygen atoms in total. The largest absolute Gasteiger partial charge is 0.293 e. The van der Waals surface area contributed by atoms with Gasteiger partial charge in [-0.15, -0.1) is 0 Å². The van der Waals surface area contributed by atoms with E-state index in [9.17, 15) is 4.79 Å². The molecule has 0 aromatic heterocycles. The van der Waals surface area contributed by atoms with E-state index >= 15 is 0 Å². The number of nitrogens with zero attached hydrogens (tertiary/aromatic N) is 1. The maximum absolute atomic E-state index is 11.3. The first-order chi connectivity index (χ1) is 6.77. The van der Waals surface area contributed by atoms with Crippen molar-refractivity contribution in [1.29, 1.82) is 5.26 Å². The van der Waals surface area contributed by atoms with Crippen molar-refractivity contribution in [2.45, 2.75) is 13.3 Å². The second-order valence-electron chi connectivity index (χ2n) is 2.86. The zero-order valence-electron chi connectivity index (χ0n) is 8.03. The van der Waals surface area contributed by atoms with Crippen molar-refractivity contribution in [1.82, 2.24) is 0 Å². The molecule has 2 heteroatoms. The van der Waals surface area contributed by atoms with Crippen molar-refractivity contribution in [3.8, 4) is 6.07 Å². The molecule has 0 saturated carbocycles. The van der Waals surface area contributed by atoms with Gasteiger partial charge in [0.25, 0.3) is 0 Å². The van der Waals surface area contributed by atoms with E-state index < -0.39 is 0 Å². The van der Waals surface area contributed by atoms with Crippen LogP contribution in [0.15, 0.2) is 35.9 Å². The van der Waals surface area contributed by atoms with Gasteiger partial charge in [-0.25, -0.2) is 0 Å². The molecule has 0 radical (unpaired) electrons. The van der Waals surface area contributed by atoms with Gasteiger partial charge in [0.15, 0.2) is 5.78 Å². The van der Waals surface area contributed by atoms with Crippen LogP contribution in [-0.4, -0.2) is 5.78 Å². The third kappa shape index (κ3) is 2.56. The summed E-state index contributed by atoms with van der Waals surface area (Å²) < 4.78 is 0. The van der Waals surface area contributed by atoms with Crippen molar-refractivity contribution in [2.75, 3.05) is 0 Å². The Balaban J connectivity index is 2.97. The zero-order chi connectivity index (χ0) is 10.4. The normalized spacial score (nSPS) is 10.7. The Hall–Kier alpha value is -1.88. The van der Waals surface area contributed by atoms with E-state index in [2.05, 4.69) is 0 Å². The number of benzene rings is 1. The number of hydrogen-bond acceptors (Lipinski definition) is 2. The van der Waals surface area contributed by atoms with Crippen LogP contribution in [-0.2, 0) is 4.79 Å². The molecule has 1 aromatic rings. The summed E-state index contributed by atoms with van der Waals surface area (Å²) in [6.07, 6.45) is 1.98. The van der Waals surface area contributed by atoms with Crippen LogP contribution < -0.4 is 0 Å². The fourth-order valence-corrected chi connectivity index (χ4v) is 1.08. The maximum atomic E-state index is 11.3. The molecule has 0 unspecified atom stereocenters. The minimum Gasteiger partial charge on any atom is -0.293 e. The molecular formula is C12H11NO. The quantitative estimate of drug-likeness (QED) is 0.536. The molecule has 0 bridgehead atoms. The first kappa shape index (κ1) is 10.2. The lowest BCUT2D eigenvalue weighted by Crippen LogP contribution is -1.97. The van der Waals surface area contributed by atoms with Crippen LogP contribution in [0.2, 0.25) is 0 Å². The summed E-state index contributed by atoms with van der Waals surface area (Å²) in [6, 6.07) is 11.3. The van der Waals surface area contributed by atoms with Crippen LogP contribution in [0.3, 0.4) is 0 Å². The summed E-state index contributed by atoms with van der Waals surface area (Å²) in [7, 11) is 0. The molecule has 0 amide bonds. The van der Waals surface area contributed by atoms with Gasteiger partial charge < -0.3 is 0 Å². The Morgan fingerprint density at radius 3 is 2.57 bits per heavy atom. The molecule has 0 aliphatic carbocycles. The van der Waals surface area contributed by atoms with Crippen molar-refractivity contribution < 1.29 is 4.79 Å². The number of carbonyl (C=O) groups is 1. The average Bonchev–Trinajstić information content (AvgIpc) is 2.26. The molecule has 0 aliphatic heterocycles. The number of hydrogen-bond donors (Lipinski definition) is 0. The van der Waals surface area contributed by atoms with Gasteiger partial charge in [-0.2, -0.15) is 5.26 Å². The van der Waals surface area contributed by atoms with E-state index in [1.807, 2.05) is 36.4 Å². The highest BCUT2D eigenvalue weighted by atomic mass is 16.1. The second kappa shape index (κ2) is 4.98. The maximum Gasteiger partial charge on any atom is 0.173 e. The lowest BCUT2D eigenvalue weighted by molar-refractivity contribution is -0.114. The fourth-order valence-electron chi connectivity index (χ4n) is 1.08. The molecule has 0 fully saturated rings. The van der Waals surface area contributed by atoms with Gasteiger partial charge in [0.1, 0.15) is 6.07 Å². The topological polar surface area (TPSA) is 40.9 Å². The lowest BCUT2D eigenvalue weighted by atomic mass is 10.1. The lowest BCUT2D eigenvalue weighted by Gasteiger charge is -1.95. The molecule has 1 rings (SSSR count). The number of allylic oxidation sites excluding steroid dienone is 1. The average molecular weight is 185 g/mol. The second-order valence-corrected chi connectivity index (χ2v) is 2.86. The van der Waals surface area contributed by atoms with E-state index in [1.165, 1.54) is 0 Å². The molecule has 70 valence electrons. The fraction of sp³-hybridized carbons (Fsp3) is 0.167.